The van der Waals surface area contributed by atoms with Crippen LogP contribution in [0.2, 0.25) is 0 Å². The van der Waals surface area contributed by atoms with Gasteiger partial charge in [-0.25, -0.2) is 19.2 Å². The third-order valence-corrected chi connectivity index (χ3v) is 7.26. The van der Waals surface area contributed by atoms with Crippen LogP contribution < -0.4 is 0 Å². The summed E-state index contributed by atoms with van der Waals surface area (Å²) in [6, 6.07) is 5.53. The number of carbonyl (C=O) groups is 4. The number of carbonyl (C=O) groups excluding carboxylic acids is 4. The zero-order valence-corrected chi connectivity index (χ0v) is 26.6. The van der Waals surface area contributed by atoms with Crippen LogP contribution in [0, 0.1) is 5.41 Å². The minimum Gasteiger partial charge on any atom is -0.504 e. The topological polar surface area (TPSA) is 348 Å². The van der Waals surface area contributed by atoms with Gasteiger partial charge in [-0.15, -0.1) is 0 Å². The molecule has 53 heavy (non-hydrogen) atoms. The summed E-state index contributed by atoms with van der Waals surface area (Å²) in [5.41, 5.74) is -4.41. The number of hydrogen-bond donors (Lipinski definition) is 12. The number of ether oxygens (including phenoxy) is 4. The fraction of sp³-hybridized carbons (Fsp3) is 0.152. The summed E-state index contributed by atoms with van der Waals surface area (Å²) in [6.45, 7) is -4.14. The fourth-order valence-electron chi connectivity index (χ4n) is 4.35. The highest BCUT2D eigenvalue weighted by Gasteiger charge is 2.39. The zero-order chi connectivity index (χ0) is 39.4. The van der Waals surface area contributed by atoms with Gasteiger partial charge < -0.3 is 80.2 Å². The summed E-state index contributed by atoms with van der Waals surface area (Å²) in [6.07, 6.45) is 0. The summed E-state index contributed by atoms with van der Waals surface area (Å²) in [5.74, 6) is -16.8. The predicted molar refractivity (Wildman–Crippen MR) is 169 cm³/mol. The monoisotopic (exact) mass is 744 g/mol. The fourth-order valence-corrected chi connectivity index (χ4v) is 4.35. The van der Waals surface area contributed by atoms with E-state index in [0.29, 0.717) is 48.5 Å². The Hall–Kier alpha value is -7.64. The molecule has 0 saturated carbocycles. The molecule has 280 valence electrons. The Kier molecular flexibility index (Phi) is 10.9. The number of phenolic OH excluding ortho intramolecular Hbond substituents is 12. The van der Waals surface area contributed by atoms with Gasteiger partial charge in [-0.1, -0.05) is 0 Å². The largest absolute Gasteiger partial charge is 0.504 e. The molecule has 0 bridgehead atoms. The van der Waals surface area contributed by atoms with Crippen molar-refractivity contribution >= 4 is 23.9 Å². The quantitative estimate of drug-likeness (QED) is 0.0559. The number of phenols is 12. The third-order valence-electron chi connectivity index (χ3n) is 7.26. The first-order valence-electron chi connectivity index (χ1n) is 14.5. The number of hydrogen-bond acceptors (Lipinski definition) is 20. The van der Waals surface area contributed by atoms with Gasteiger partial charge in [-0.3, -0.25) is 0 Å². The van der Waals surface area contributed by atoms with E-state index in [9.17, 15) is 80.5 Å². The molecule has 0 aliphatic heterocycles. The normalized spacial score (nSPS) is 11.0. The average molecular weight is 745 g/mol. The van der Waals surface area contributed by atoms with Gasteiger partial charge in [0.05, 0.1) is 22.3 Å². The lowest BCUT2D eigenvalue weighted by Gasteiger charge is -2.31. The summed E-state index contributed by atoms with van der Waals surface area (Å²) in [5, 5.41) is 117. The van der Waals surface area contributed by atoms with Gasteiger partial charge in [-0.2, -0.15) is 0 Å². The van der Waals surface area contributed by atoms with Gasteiger partial charge in [0.25, 0.3) is 0 Å². The molecule has 0 radical (unpaired) electrons. The first-order chi connectivity index (χ1) is 24.8. The van der Waals surface area contributed by atoms with Crippen molar-refractivity contribution < 1.29 is 99.4 Å². The molecule has 4 rings (SSSR count). The van der Waals surface area contributed by atoms with Crippen LogP contribution in [0.1, 0.15) is 41.4 Å². The van der Waals surface area contributed by atoms with E-state index in [4.69, 9.17) is 18.9 Å². The Morgan fingerprint density at radius 3 is 0.642 bits per heavy atom. The average Bonchev–Trinajstić information content (AvgIpc) is 3.11. The lowest BCUT2D eigenvalue weighted by Crippen LogP contribution is -2.44. The van der Waals surface area contributed by atoms with Crippen LogP contribution in [0.25, 0.3) is 0 Å². The molecule has 20 nitrogen and oxygen atoms in total. The molecule has 0 aliphatic carbocycles. The molecule has 20 heteroatoms. The molecule has 0 spiro atoms. The van der Waals surface area contributed by atoms with E-state index in [-0.39, 0.29) is 0 Å². The van der Waals surface area contributed by atoms with Crippen molar-refractivity contribution in [2.45, 2.75) is 0 Å². The Bertz CT molecular complexity index is 1710. The van der Waals surface area contributed by atoms with Crippen molar-refractivity contribution in [1.82, 2.24) is 0 Å². The number of esters is 4. The summed E-state index contributed by atoms with van der Waals surface area (Å²) in [4.78, 5) is 52.1. The second-order valence-corrected chi connectivity index (χ2v) is 11.3. The lowest BCUT2D eigenvalue weighted by molar-refractivity contribution is -0.0642. The lowest BCUT2D eigenvalue weighted by atomic mass is 9.92. The van der Waals surface area contributed by atoms with Crippen LogP contribution in [-0.2, 0) is 18.9 Å². The molecule has 0 aromatic heterocycles. The van der Waals surface area contributed by atoms with Gasteiger partial charge in [0.1, 0.15) is 31.8 Å². The number of benzene rings is 4. The zero-order valence-electron chi connectivity index (χ0n) is 26.6. The van der Waals surface area contributed by atoms with Gasteiger partial charge >= 0.3 is 23.9 Å². The molecule has 0 unspecified atom stereocenters. The molecule has 0 heterocycles. The van der Waals surface area contributed by atoms with Gasteiger partial charge in [0, 0.05) is 0 Å². The maximum atomic E-state index is 13.0. The second-order valence-electron chi connectivity index (χ2n) is 11.3. The Morgan fingerprint density at radius 2 is 0.491 bits per heavy atom. The molecule has 0 fully saturated rings. The van der Waals surface area contributed by atoms with E-state index in [0.717, 1.165) is 0 Å². The Balaban J connectivity index is 1.72. The third kappa shape index (κ3) is 8.57. The van der Waals surface area contributed by atoms with Crippen LogP contribution in [0.15, 0.2) is 48.5 Å². The molecule has 0 aliphatic rings. The van der Waals surface area contributed by atoms with E-state index in [1.54, 1.807) is 0 Å². The van der Waals surface area contributed by atoms with Crippen molar-refractivity contribution in [2.24, 2.45) is 5.41 Å². The molecule has 4 aromatic carbocycles. The van der Waals surface area contributed by atoms with E-state index in [2.05, 4.69) is 0 Å². The minimum absolute atomic E-state index is 0.558. The molecule has 0 atom stereocenters. The van der Waals surface area contributed by atoms with Crippen LogP contribution in [0.5, 0.6) is 69.0 Å². The van der Waals surface area contributed by atoms with Gasteiger partial charge in [0.15, 0.2) is 69.0 Å². The number of rotatable bonds is 12. The maximum Gasteiger partial charge on any atom is 0.338 e. The summed E-state index contributed by atoms with van der Waals surface area (Å²) < 4.78 is 21.1. The van der Waals surface area contributed by atoms with Crippen molar-refractivity contribution in [1.29, 1.82) is 0 Å². The first-order valence-corrected chi connectivity index (χ1v) is 14.5. The smallest absolute Gasteiger partial charge is 0.338 e. The van der Waals surface area contributed by atoms with Gasteiger partial charge in [0.2, 0.25) is 0 Å². The van der Waals surface area contributed by atoms with E-state index in [1.807, 2.05) is 0 Å². The van der Waals surface area contributed by atoms with Crippen molar-refractivity contribution in [2.75, 3.05) is 26.4 Å². The van der Waals surface area contributed by atoms with Crippen LogP contribution >= 0.6 is 0 Å². The highest BCUT2D eigenvalue weighted by atomic mass is 16.6. The van der Waals surface area contributed by atoms with Crippen LogP contribution in [0.3, 0.4) is 0 Å². The molecule has 12 N–H and O–H groups in total. The van der Waals surface area contributed by atoms with Crippen LogP contribution in [0.4, 0.5) is 0 Å². The standard InChI is InChI=1S/C33H28O20/c34-17-1-13(2-18(35)25(17)42)29(46)50-9-33(10-51-30(47)14-3-19(36)26(43)20(37)4-14,11-52-31(48)15-5-21(38)27(44)22(39)6-15)12-53-32(49)16-7-23(40)28(45)24(41)8-16/h1-8,34-45H,9-12H2. The highest BCUT2D eigenvalue weighted by Crippen LogP contribution is 2.39. The summed E-state index contributed by atoms with van der Waals surface area (Å²) in [7, 11) is 0. The maximum absolute atomic E-state index is 13.0. The molecule has 0 amide bonds. The van der Waals surface area contributed by atoms with E-state index < -0.39 is 147 Å². The van der Waals surface area contributed by atoms with Gasteiger partial charge in [-0.05, 0) is 48.5 Å². The molecule has 0 saturated heterocycles. The van der Waals surface area contributed by atoms with Crippen molar-refractivity contribution in [3.63, 3.8) is 0 Å². The summed E-state index contributed by atoms with van der Waals surface area (Å²) >= 11 is 0. The Labute approximate surface area is 295 Å². The Morgan fingerprint density at radius 1 is 0.340 bits per heavy atom. The van der Waals surface area contributed by atoms with Crippen molar-refractivity contribution in [3.05, 3.63) is 70.8 Å². The molecule has 4 aromatic rings. The SMILES string of the molecule is O=C(OCC(COC(=O)c1cc(O)c(O)c(O)c1)(COC(=O)c1cc(O)c(O)c(O)c1)COC(=O)c1cc(O)c(O)c(O)c1)c1cc(O)c(O)c(O)c1. The van der Waals surface area contributed by atoms with Crippen LogP contribution in [-0.4, -0.2) is 112 Å². The minimum atomic E-state index is -2.18. The highest BCUT2D eigenvalue weighted by molar-refractivity contribution is 5.93. The predicted octanol–water partition coefficient (Wildman–Crippen LogP) is 1.87. The molecular formula is C33H28O20. The number of aromatic hydroxyl groups is 12. The second kappa shape index (κ2) is 15.1. The van der Waals surface area contributed by atoms with Crippen molar-refractivity contribution in [3.8, 4) is 69.0 Å². The molecular weight excluding hydrogens is 716 g/mol. The van der Waals surface area contributed by atoms with E-state index in [1.165, 1.54) is 0 Å². The van der Waals surface area contributed by atoms with E-state index >= 15 is 0 Å². The first kappa shape index (κ1) is 38.2.